The van der Waals surface area contributed by atoms with Crippen LogP contribution in [0.4, 0.5) is 0 Å². The lowest BCUT2D eigenvalue weighted by Gasteiger charge is -2.11. The molecule has 0 spiro atoms. The van der Waals surface area contributed by atoms with E-state index in [1.807, 2.05) is 42.9 Å². The molecular weight excluding hydrogens is 266 g/mol. The van der Waals surface area contributed by atoms with Crippen molar-refractivity contribution in [1.82, 2.24) is 15.1 Å². The average Bonchev–Trinajstić information content (AvgIpc) is 2.73. The number of hydrogen-bond acceptors (Lipinski definition) is 4. The van der Waals surface area contributed by atoms with E-state index >= 15 is 0 Å². The maximum Gasteiger partial charge on any atom is 0.161 e. The number of nitrogens with zero attached hydrogens (tertiary/aromatic N) is 2. The number of methoxy groups -OCH3 is 1. The predicted octanol–water partition coefficient (Wildman–Crippen LogP) is 2.21. The Bertz CT molecular complexity index is 593. The normalized spacial score (nSPS) is 10.7. The van der Waals surface area contributed by atoms with E-state index in [2.05, 4.69) is 17.3 Å². The highest BCUT2D eigenvalue weighted by atomic mass is 16.5. The Hall–Kier alpha value is -2.01. The summed E-state index contributed by atoms with van der Waals surface area (Å²) in [5.41, 5.74) is 3.54. The van der Waals surface area contributed by atoms with Crippen LogP contribution in [0.1, 0.15) is 17.0 Å². The second-order valence-corrected chi connectivity index (χ2v) is 4.95. The maximum absolute atomic E-state index is 5.72. The Morgan fingerprint density at radius 1 is 1.19 bits per heavy atom. The molecule has 0 atom stereocenters. The minimum absolute atomic E-state index is 0.596. The van der Waals surface area contributed by atoms with E-state index < -0.39 is 0 Å². The fraction of sp³-hybridized carbons (Fsp3) is 0.438. The first kappa shape index (κ1) is 15.4. The molecule has 0 aliphatic rings. The van der Waals surface area contributed by atoms with Crippen LogP contribution < -0.4 is 14.8 Å². The Morgan fingerprint density at radius 3 is 2.52 bits per heavy atom. The number of aryl methyl sites for hydroxylation is 2. The van der Waals surface area contributed by atoms with E-state index in [1.54, 1.807) is 7.11 Å². The van der Waals surface area contributed by atoms with E-state index in [4.69, 9.17) is 9.47 Å². The van der Waals surface area contributed by atoms with E-state index in [-0.39, 0.29) is 0 Å². The van der Waals surface area contributed by atoms with Crippen molar-refractivity contribution in [3.05, 3.63) is 41.2 Å². The zero-order valence-corrected chi connectivity index (χ0v) is 13.1. The molecule has 0 fully saturated rings. The number of ether oxygens (including phenoxy) is 2. The average molecular weight is 289 g/mol. The Kier molecular flexibility index (Phi) is 5.22. The van der Waals surface area contributed by atoms with Crippen LogP contribution in [0.3, 0.4) is 0 Å². The quantitative estimate of drug-likeness (QED) is 0.794. The molecule has 0 saturated carbocycles. The van der Waals surface area contributed by atoms with Crippen molar-refractivity contribution in [2.45, 2.75) is 20.4 Å². The molecular formula is C16H23N3O2. The topological polar surface area (TPSA) is 48.3 Å². The van der Waals surface area contributed by atoms with Gasteiger partial charge in [0.1, 0.15) is 6.61 Å². The molecule has 1 heterocycles. The predicted molar refractivity (Wildman–Crippen MR) is 82.9 cm³/mol. The molecule has 0 unspecified atom stereocenters. The Balaban J connectivity index is 1.78. The molecule has 0 bridgehead atoms. The Morgan fingerprint density at radius 2 is 1.90 bits per heavy atom. The van der Waals surface area contributed by atoms with Gasteiger partial charge >= 0.3 is 0 Å². The number of aromatic nitrogens is 2. The van der Waals surface area contributed by atoms with Crippen molar-refractivity contribution in [3.63, 3.8) is 0 Å². The van der Waals surface area contributed by atoms with Gasteiger partial charge in [0.15, 0.2) is 11.5 Å². The first-order valence-electron chi connectivity index (χ1n) is 7.09. The smallest absolute Gasteiger partial charge is 0.161 e. The van der Waals surface area contributed by atoms with Crippen LogP contribution in [0.2, 0.25) is 0 Å². The summed E-state index contributed by atoms with van der Waals surface area (Å²) in [6.07, 6.45) is 0. The van der Waals surface area contributed by atoms with E-state index in [1.165, 1.54) is 11.3 Å². The van der Waals surface area contributed by atoms with Crippen molar-refractivity contribution in [1.29, 1.82) is 0 Å². The van der Waals surface area contributed by atoms with Gasteiger partial charge in [-0.1, -0.05) is 12.1 Å². The van der Waals surface area contributed by atoms with Crippen LogP contribution in [-0.4, -0.2) is 30.0 Å². The van der Waals surface area contributed by atoms with Gasteiger partial charge in [-0.05, 0) is 26.0 Å². The monoisotopic (exact) mass is 289 g/mol. The molecule has 2 rings (SSSR count). The van der Waals surface area contributed by atoms with Gasteiger partial charge in [0.05, 0.1) is 12.8 Å². The fourth-order valence-electron chi connectivity index (χ4n) is 2.26. The van der Waals surface area contributed by atoms with Gasteiger partial charge in [-0.3, -0.25) is 4.68 Å². The van der Waals surface area contributed by atoms with E-state index in [0.29, 0.717) is 6.61 Å². The lowest BCUT2D eigenvalue weighted by molar-refractivity contribution is 0.292. The summed E-state index contributed by atoms with van der Waals surface area (Å²) < 4.78 is 12.9. The van der Waals surface area contributed by atoms with Crippen LogP contribution >= 0.6 is 0 Å². The lowest BCUT2D eigenvalue weighted by Crippen LogP contribution is -2.21. The molecule has 0 amide bonds. The van der Waals surface area contributed by atoms with Gasteiger partial charge < -0.3 is 14.8 Å². The molecule has 0 radical (unpaired) electrons. The maximum atomic E-state index is 5.72. The molecule has 1 aromatic carbocycles. The van der Waals surface area contributed by atoms with Crippen LogP contribution in [0.5, 0.6) is 11.5 Å². The number of hydrogen-bond donors (Lipinski definition) is 1. The van der Waals surface area contributed by atoms with Crippen LogP contribution in [0.15, 0.2) is 24.3 Å². The van der Waals surface area contributed by atoms with Gasteiger partial charge in [0.2, 0.25) is 0 Å². The highest BCUT2D eigenvalue weighted by Crippen LogP contribution is 2.25. The van der Waals surface area contributed by atoms with Crippen LogP contribution in [0, 0.1) is 13.8 Å². The third-order valence-electron chi connectivity index (χ3n) is 3.57. The zero-order chi connectivity index (χ0) is 15.2. The minimum Gasteiger partial charge on any atom is -0.493 e. The van der Waals surface area contributed by atoms with E-state index in [9.17, 15) is 0 Å². The summed E-state index contributed by atoms with van der Waals surface area (Å²) in [5, 5.41) is 7.79. The zero-order valence-electron chi connectivity index (χ0n) is 13.1. The lowest BCUT2D eigenvalue weighted by atomic mass is 10.2. The second kappa shape index (κ2) is 7.13. The summed E-state index contributed by atoms with van der Waals surface area (Å²) in [6.45, 7) is 6.29. The Labute approximate surface area is 125 Å². The first-order chi connectivity index (χ1) is 10.1. The highest BCUT2D eigenvalue weighted by molar-refractivity contribution is 5.39. The summed E-state index contributed by atoms with van der Waals surface area (Å²) in [5.74, 6) is 1.53. The van der Waals surface area contributed by atoms with Crippen molar-refractivity contribution in [2.24, 2.45) is 7.05 Å². The molecule has 2 aromatic rings. The highest BCUT2D eigenvalue weighted by Gasteiger charge is 2.08. The summed E-state index contributed by atoms with van der Waals surface area (Å²) in [6, 6.07) is 7.67. The molecule has 114 valence electrons. The fourth-order valence-corrected chi connectivity index (χ4v) is 2.26. The molecule has 5 nitrogen and oxygen atoms in total. The third-order valence-corrected chi connectivity index (χ3v) is 3.57. The summed E-state index contributed by atoms with van der Waals surface area (Å²) >= 11 is 0. The molecule has 1 N–H and O–H groups in total. The molecule has 21 heavy (non-hydrogen) atoms. The third kappa shape index (κ3) is 3.76. The van der Waals surface area contributed by atoms with Gasteiger partial charge in [-0.2, -0.15) is 5.10 Å². The standard InChI is InChI=1S/C16H23N3O2/c1-12-14(13(2)19(3)18-12)11-17-9-10-21-16-8-6-5-7-15(16)20-4/h5-8,17H,9-11H2,1-4H3. The molecule has 5 heteroatoms. The summed E-state index contributed by atoms with van der Waals surface area (Å²) in [7, 11) is 3.62. The number of benzene rings is 1. The van der Waals surface area contributed by atoms with Crippen LogP contribution in [0.25, 0.3) is 0 Å². The van der Waals surface area contributed by atoms with Crippen molar-refractivity contribution in [2.75, 3.05) is 20.3 Å². The van der Waals surface area contributed by atoms with Gasteiger partial charge in [-0.15, -0.1) is 0 Å². The molecule has 1 aromatic heterocycles. The molecule has 0 aliphatic carbocycles. The van der Waals surface area contributed by atoms with Crippen molar-refractivity contribution < 1.29 is 9.47 Å². The molecule has 0 saturated heterocycles. The van der Waals surface area contributed by atoms with Crippen LogP contribution in [-0.2, 0) is 13.6 Å². The SMILES string of the molecule is COc1ccccc1OCCNCc1c(C)nn(C)c1C. The van der Waals surface area contributed by atoms with Gasteiger partial charge in [-0.25, -0.2) is 0 Å². The summed E-state index contributed by atoms with van der Waals surface area (Å²) in [4.78, 5) is 0. The minimum atomic E-state index is 0.596. The first-order valence-corrected chi connectivity index (χ1v) is 7.09. The van der Waals surface area contributed by atoms with Crippen molar-refractivity contribution >= 4 is 0 Å². The number of nitrogens with one attached hydrogen (secondary N) is 1. The largest absolute Gasteiger partial charge is 0.493 e. The molecule has 0 aliphatic heterocycles. The van der Waals surface area contributed by atoms with E-state index in [0.717, 1.165) is 30.3 Å². The van der Waals surface area contributed by atoms with Crippen molar-refractivity contribution in [3.8, 4) is 11.5 Å². The second-order valence-electron chi connectivity index (χ2n) is 4.95. The van der Waals surface area contributed by atoms with Gasteiger partial charge in [0, 0.05) is 31.4 Å². The number of para-hydroxylation sites is 2. The van der Waals surface area contributed by atoms with Gasteiger partial charge in [0.25, 0.3) is 0 Å². The number of rotatable bonds is 7.